The maximum atomic E-state index is 11.0. The lowest BCUT2D eigenvalue weighted by Gasteiger charge is -2.37. The van der Waals surface area contributed by atoms with Crippen LogP contribution >= 0.6 is 0 Å². The molecule has 1 rings (SSSR count). The van der Waals surface area contributed by atoms with Crippen LogP contribution in [0.4, 0.5) is 0 Å². The van der Waals surface area contributed by atoms with Gasteiger partial charge in [-0.15, -0.1) is 0 Å². The van der Waals surface area contributed by atoms with Gasteiger partial charge in [0.25, 0.3) is 0 Å². The van der Waals surface area contributed by atoms with E-state index in [0.29, 0.717) is 0 Å². The Balaban J connectivity index is 2.94. The van der Waals surface area contributed by atoms with Crippen molar-refractivity contribution >= 4 is 14.1 Å². The Morgan fingerprint density at radius 1 is 1.25 bits per heavy atom. The highest BCUT2D eigenvalue weighted by atomic mass is 28.4. The summed E-state index contributed by atoms with van der Waals surface area (Å²) in [5.41, 5.74) is 1.13. The van der Waals surface area contributed by atoms with Crippen molar-refractivity contribution in [2.45, 2.75) is 52.2 Å². The molecule has 3 heteroatoms. The fourth-order valence-electron chi connectivity index (χ4n) is 1.55. The van der Waals surface area contributed by atoms with E-state index in [0.717, 1.165) is 17.7 Å². The third-order valence-electron chi connectivity index (χ3n) is 3.83. The lowest BCUT2D eigenvalue weighted by atomic mass is 10.1. The number of hydrogen-bond acceptors (Lipinski definition) is 2. The summed E-state index contributed by atoms with van der Waals surface area (Å²) in [5, 5.41) is 0.176. The van der Waals surface area contributed by atoms with Gasteiger partial charge in [0.05, 0.1) is 0 Å². The van der Waals surface area contributed by atoms with Gasteiger partial charge in [0.2, 0.25) is 8.32 Å². The van der Waals surface area contributed by atoms with Crippen LogP contribution < -0.4 is 4.43 Å². The zero-order chi connectivity index (χ0) is 15.4. The van der Waals surface area contributed by atoms with E-state index < -0.39 is 8.32 Å². The lowest BCUT2D eigenvalue weighted by molar-refractivity contribution is -0.112. The third kappa shape index (κ3) is 4.64. The zero-order valence-corrected chi connectivity index (χ0v) is 14.5. The Morgan fingerprint density at radius 2 is 1.85 bits per heavy atom. The molecule has 0 amide bonds. The maximum absolute atomic E-state index is 11.0. The third-order valence-corrected chi connectivity index (χ3v) is 8.18. The molecule has 0 unspecified atom stereocenters. The first-order valence-corrected chi connectivity index (χ1v) is 9.98. The highest BCUT2D eigenvalue weighted by Gasteiger charge is 2.39. The van der Waals surface area contributed by atoms with Gasteiger partial charge >= 0.3 is 0 Å². The van der Waals surface area contributed by atoms with Crippen LogP contribution in [0.15, 0.2) is 36.4 Å². The van der Waals surface area contributed by atoms with E-state index in [2.05, 4.69) is 39.9 Å². The van der Waals surface area contributed by atoms with Crippen molar-refractivity contribution in [3.8, 4) is 5.75 Å². The molecule has 0 atom stereocenters. The van der Waals surface area contributed by atoms with Gasteiger partial charge in [-0.05, 0) is 49.2 Å². The number of carbonyl (C=O) groups is 1. The van der Waals surface area contributed by atoms with Crippen molar-refractivity contribution in [3.63, 3.8) is 0 Å². The number of para-hydroxylation sites is 1. The van der Waals surface area contributed by atoms with Crippen LogP contribution in [-0.4, -0.2) is 14.1 Å². The Bertz CT molecular complexity index is 496. The summed E-state index contributed by atoms with van der Waals surface area (Å²) in [4.78, 5) is 11.0. The Morgan fingerprint density at radius 3 is 2.40 bits per heavy atom. The Labute approximate surface area is 124 Å². The van der Waals surface area contributed by atoms with Gasteiger partial charge in [0.1, 0.15) is 5.75 Å². The molecule has 0 saturated heterocycles. The monoisotopic (exact) mass is 290 g/mol. The molecular formula is C17H26O2Si. The quantitative estimate of drug-likeness (QED) is 0.577. The average Bonchev–Trinajstić information content (AvgIpc) is 2.29. The van der Waals surface area contributed by atoms with Gasteiger partial charge in [0.15, 0.2) is 5.78 Å². The topological polar surface area (TPSA) is 26.3 Å². The molecule has 0 N–H and O–H groups in total. The van der Waals surface area contributed by atoms with Crippen molar-refractivity contribution < 1.29 is 9.22 Å². The molecule has 0 fully saturated rings. The molecule has 110 valence electrons. The van der Waals surface area contributed by atoms with Crippen LogP contribution in [0.5, 0.6) is 5.75 Å². The summed E-state index contributed by atoms with van der Waals surface area (Å²) in [6, 6.07) is 8.10. The highest BCUT2D eigenvalue weighted by molar-refractivity contribution is 6.74. The van der Waals surface area contributed by atoms with E-state index in [1.165, 1.54) is 0 Å². The zero-order valence-electron chi connectivity index (χ0n) is 13.5. The molecule has 0 aromatic heterocycles. The number of hydrogen-bond donors (Lipinski definition) is 0. The van der Waals surface area contributed by atoms with E-state index in [-0.39, 0.29) is 10.8 Å². The second kappa shape index (κ2) is 6.40. The average molecular weight is 290 g/mol. The summed E-state index contributed by atoms with van der Waals surface area (Å²) in [7, 11) is -1.83. The first-order chi connectivity index (χ1) is 9.13. The number of rotatable bonds is 5. The smallest absolute Gasteiger partial charge is 0.250 e. The molecule has 0 aliphatic heterocycles. The van der Waals surface area contributed by atoms with Crippen molar-refractivity contribution in [1.29, 1.82) is 0 Å². The Kier molecular flexibility index (Phi) is 5.34. The maximum Gasteiger partial charge on any atom is 0.250 e. The number of allylic oxidation sites excluding steroid dienone is 2. The van der Waals surface area contributed by atoms with E-state index in [9.17, 15) is 4.79 Å². The van der Waals surface area contributed by atoms with Crippen molar-refractivity contribution in [2.24, 2.45) is 0 Å². The highest BCUT2D eigenvalue weighted by Crippen LogP contribution is 2.38. The molecule has 1 aromatic rings. The van der Waals surface area contributed by atoms with Crippen LogP contribution in [0.25, 0.3) is 0 Å². The summed E-state index contributed by atoms with van der Waals surface area (Å²) in [6.07, 6.45) is 4.24. The minimum atomic E-state index is -1.83. The molecule has 0 saturated carbocycles. The van der Waals surface area contributed by atoms with Crippen LogP contribution in [0.2, 0.25) is 18.1 Å². The van der Waals surface area contributed by atoms with Crippen LogP contribution in [0, 0.1) is 0 Å². The van der Waals surface area contributed by atoms with E-state index in [1.54, 1.807) is 13.0 Å². The van der Waals surface area contributed by atoms with Crippen molar-refractivity contribution in [3.05, 3.63) is 42.0 Å². The van der Waals surface area contributed by atoms with Crippen LogP contribution in [-0.2, 0) is 11.2 Å². The molecule has 20 heavy (non-hydrogen) atoms. The SMILES string of the molecule is CC(=O)C=CCc1ccccc1O[Si](C)(C)C(C)(C)C. The molecule has 0 radical (unpaired) electrons. The minimum absolute atomic E-state index is 0.0767. The fourth-order valence-corrected chi connectivity index (χ4v) is 2.61. The van der Waals surface area contributed by atoms with Gasteiger partial charge in [-0.1, -0.05) is 45.0 Å². The van der Waals surface area contributed by atoms with Gasteiger partial charge in [-0.2, -0.15) is 0 Å². The van der Waals surface area contributed by atoms with E-state index in [4.69, 9.17) is 4.43 Å². The predicted molar refractivity (Wildman–Crippen MR) is 87.8 cm³/mol. The number of carbonyl (C=O) groups excluding carboxylic acids is 1. The van der Waals surface area contributed by atoms with Gasteiger partial charge < -0.3 is 4.43 Å². The molecule has 0 aliphatic rings. The van der Waals surface area contributed by atoms with E-state index in [1.807, 2.05) is 24.3 Å². The first kappa shape index (κ1) is 16.7. The largest absolute Gasteiger partial charge is 0.543 e. The lowest BCUT2D eigenvalue weighted by Crippen LogP contribution is -2.44. The van der Waals surface area contributed by atoms with Gasteiger partial charge in [-0.25, -0.2) is 0 Å². The van der Waals surface area contributed by atoms with Crippen molar-refractivity contribution in [1.82, 2.24) is 0 Å². The van der Waals surface area contributed by atoms with E-state index >= 15 is 0 Å². The summed E-state index contributed by atoms with van der Waals surface area (Å²) < 4.78 is 6.38. The second-order valence-corrected chi connectivity index (χ2v) is 11.4. The van der Waals surface area contributed by atoms with Crippen LogP contribution in [0.3, 0.4) is 0 Å². The molecule has 0 aliphatic carbocycles. The molecule has 0 bridgehead atoms. The standard InChI is InChI=1S/C17H26O2Si/c1-14(18)10-9-12-15-11-7-8-13-16(15)19-20(5,6)17(2,3)4/h7-11,13H,12H2,1-6H3. The normalized spacial score (nSPS) is 12.7. The molecule has 2 nitrogen and oxygen atoms in total. The minimum Gasteiger partial charge on any atom is -0.543 e. The predicted octanol–water partition coefficient (Wildman–Crippen LogP) is 4.76. The first-order valence-electron chi connectivity index (χ1n) is 7.07. The Hall–Kier alpha value is -1.35. The molecule has 1 aromatic carbocycles. The molecule has 0 spiro atoms. The van der Waals surface area contributed by atoms with Gasteiger partial charge in [-0.3, -0.25) is 4.79 Å². The van der Waals surface area contributed by atoms with Crippen molar-refractivity contribution in [2.75, 3.05) is 0 Å². The van der Waals surface area contributed by atoms with Crippen LogP contribution in [0.1, 0.15) is 33.3 Å². The summed E-state index contributed by atoms with van der Waals surface area (Å²) in [6.45, 7) is 12.8. The number of ketones is 1. The molecular weight excluding hydrogens is 264 g/mol. The van der Waals surface area contributed by atoms with Gasteiger partial charge in [0, 0.05) is 0 Å². The second-order valence-electron chi connectivity index (χ2n) is 6.69. The molecule has 0 heterocycles. The summed E-state index contributed by atoms with van der Waals surface area (Å²) in [5.74, 6) is 1.03. The fraction of sp³-hybridized carbons (Fsp3) is 0.471. The number of benzene rings is 1. The summed E-state index contributed by atoms with van der Waals surface area (Å²) >= 11 is 0.